The molecule has 5 nitrogen and oxygen atoms in total. The quantitative estimate of drug-likeness (QED) is 0.621. The lowest BCUT2D eigenvalue weighted by atomic mass is 10.0. The second-order valence-corrected chi connectivity index (χ2v) is 3.33. The van der Waals surface area contributed by atoms with Crippen molar-refractivity contribution in [1.82, 2.24) is 9.97 Å². The zero-order valence-corrected chi connectivity index (χ0v) is 7.13. The molecule has 0 amide bonds. The van der Waals surface area contributed by atoms with Crippen LogP contribution in [0, 0.1) is 0 Å². The summed E-state index contributed by atoms with van der Waals surface area (Å²) in [6, 6.07) is 0. The van der Waals surface area contributed by atoms with Gasteiger partial charge in [0.1, 0.15) is 0 Å². The van der Waals surface area contributed by atoms with E-state index < -0.39 is 0 Å². The van der Waals surface area contributed by atoms with Crippen LogP contribution in [0.1, 0.15) is 24.2 Å². The molecule has 0 fully saturated rings. The van der Waals surface area contributed by atoms with Crippen LogP contribution < -0.4 is 11.0 Å². The van der Waals surface area contributed by atoms with Crippen LogP contribution in [0.5, 0.6) is 0 Å². The fourth-order valence-electron chi connectivity index (χ4n) is 1.75. The van der Waals surface area contributed by atoms with E-state index in [2.05, 4.69) is 20.9 Å². The summed E-state index contributed by atoms with van der Waals surface area (Å²) in [5, 5.41) is 0. The largest absolute Gasteiger partial charge is 0.229 e. The minimum atomic E-state index is 0.709. The van der Waals surface area contributed by atoms with Gasteiger partial charge in [-0.1, -0.05) is 0 Å². The summed E-state index contributed by atoms with van der Waals surface area (Å²) >= 11 is 0. The Labute approximate surface area is 75.4 Å². The van der Waals surface area contributed by atoms with Crippen molar-refractivity contribution in [3.8, 4) is 0 Å². The number of hydrogen-bond acceptors (Lipinski definition) is 5. The third-order valence-corrected chi connectivity index (χ3v) is 2.42. The van der Waals surface area contributed by atoms with E-state index in [1.807, 2.05) is 0 Å². The zero-order chi connectivity index (χ0) is 8.67. The number of anilines is 2. The van der Waals surface area contributed by atoms with Gasteiger partial charge in [-0.05, 0) is 25.7 Å². The minimum Gasteiger partial charge on any atom is -0.229 e. The lowest BCUT2D eigenvalue weighted by Gasteiger charge is -2.13. The molecule has 68 valence electrons. The van der Waals surface area contributed by atoms with Gasteiger partial charge in [0.15, 0.2) is 11.6 Å². The Morgan fingerprint density at radius 1 is 0.923 bits per heavy atom. The van der Waals surface area contributed by atoms with Gasteiger partial charge in [0.2, 0.25) is 0 Å². The van der Waals surface area contributed by atoms with E-state index in [-0.39, 0.29) is 0 Å². The van der Waals surface area contributed by atoms with Crippen molar-refractivity contribution < 1.29 is 4.94 Å². The van der Waals surface area contributed by atoms with E-state index >= 15 is 0 Å². The number of aromatic nitrogens is 2. The number of hydrogen-bond donors (Lipinski definition) is 2. The fourth-order valence-corrected chi connectivity index (χ4v) is 1.75. The first-order chi connectivity index (χ1) is 6.43. The van der Waals surface area contributed by atoms with E-state index in [1.54, 1.807) is 0 Å². The normalized spacial score (nSPS) is 18.5. The number of fused-ring (bicyclic) bond motifs is 2. The summed E-state index contributed by atoms with van der Waals surface area (Å²) in [6.45, 7) is 0. The van der Waals surface area contributed by atoms with E-state index in [1.165, 1.54) is 12.8 Å². The number of nitrogens with one attached hydrogen (secondary N) is 2. The van der Waals surface area contributed by atoms with Gasteiger partial charge < -0.3 is 0 Å². The Bertz CT molecular complexity index is 319. The van der Waals surface area contributed by atoms with E-state index in [0.29, 0.717) is 11.6 Å². The minimum absolute atomic E-state index is 0.709. The monoisotopic (exact) mass is 178 g/mol. The predicted molar refractivity (Wildman–Crippen MR) is 47.0 cm³/mol. The molecule has 0 unspecified atom stereocenters. The lowest BCUT2D eigenvalue weighted by molar-refractivity contribution is 0.280. The van der Waals surface area contributed by atoms with Crippen molar-refractivity contribution in [3.63, 3.8) is 0 Å². The molecule has 0 atom stereocenters. The van der Waals surface area contributed by atoms with Crippen molar-refractivity contribution >= 4 is 11.6 Å². The van der Waals surface area contributed by atoms with E-state index in [4.69, 9.17) is 4.94 Å². The van der Waals surface area contributed by atoms with Crippen LogP contribution in [-0.2, 0) is 17.8 Å². The molecule has 0 radical (unpaired) electrons. The van der Waals surface area contributed by atoms with E-state index in [9.17, 15) is 0 Å². The van der Waals surface area contributed by atoms with Crippen molar-refractivity contribution in [2.45, 2.75) is 25.7 Å². The smallest absolute Gasteiger partial charge is 0.197 e. The van der Waals surface area contributed by atoms with Gasteiger partial charge in [0, 0.05) is 0 Å². The number of nitrogens with zero attached hydrogens (tertiary/aromatic N) is 2. The van der Waals surface area contributed by atoms with Crippen LogP contribution in [-0.4, -0.2) is 9.97 Å². The average molecular weight is 178 g/mol. The highest BCUT2D eigenvalue weighted by atomic mass is 16.8. The Hall–Kier alpha value is -1.36. The highest BCUT2D eigenvalue weighted by Gasteiger charge is 2.19. The standard InChI is InChI=1S/C8H10N4O/c1-2-4-6-5(3-1)9-7-8(10-6)12-13-11-7/h1-4H2,(H,9,11)(H,10,12). The first kappa shape index (κ1) is 7.08. The molecule has 0 bridgehead atoms. The van der Waals surface area contributed by atoms with Crippen LogP contribution in [0.3, 0.4) is 0 Å². The molecule has 2 aliphatic rings. The van der Waals surface area contributed by atoms with Crippen LogP contribution in [0.4, 0.5) is 11.6 Å². The molecule has 1 aliphatic carbocycles. The fraction of sp³-hybridized carbons (Fsp3) is 0.500. The van der Waals surface area contributed by atoms with E-state index in [0.717, 1.165) is 24.2 Å². The maximum absolute atomic E-state index is 4.81. The van der Waals surface area contributed by atoms with Crippen molar-refractivity contribution in [1.29, 1.82) is 0 Å². The third-order valence-electron chi connectivity index (χ3n) is 2.42. The molecule has 0 saturated carbocycles. The molecule has 13 heavy (non-hydrogen) atoms. The summed E-state index contributed by atoms with van der Waals surface area (Å²) in [5.74, 6) is 1.42. The average Bonchev–Trinajstić information content (AvgIpc) is 2.61. The Morgan fingerprint density at radius 3 is 2.00 bits per heavy atom. The first-order valence-corrected chi connectivity index (χ1v) is 4.51. The van der Waals surface area contributed by atoms with Gasteiger partial charge in [-0.15, -0.1) is 0 Å². The van der Waals surface area contributed by atoms with Crippen molar-refractivity contribution in [2.24, 2.45) is 0 Å². The lowest BCUT2D eigenvalue weighted by Crippen LogP contribution is -2.08. The van der Waals surface area contributed by atoms with Gasteiger partial charge in [0.25, 0.3) is 0 Å². The highest BCUT2D eigenvalue weighted by Crippen LogP contribution is 2.27. The predicted octanol–water partition coefficient (Wildman–Crippen LogP) is 1.04. The summed E-state index contributed by atoms with van der Waals surface area (Å²) < 4.78 is 0. The molecule has 1 aromatic rings. The van der Waals surface area contributed by atoms with Crippen molar-refractivity contribution in [3.05, 3.63) is 11.4 Å². The van der Waals surface area contributed by atoms with Crippen LogP contribution in [0.25, 0.3) is 0 Å². The van der Waals surface area contributed by atoms with Crippen LogP contribution in [0.15, 0.2) is 0 Å². The Morgan fingerprint density at radius 2 is 1.46 bits per heavy atom. The summed E-state index contributed by atoms with van der Waals surface area (Å²) in [4.78, 5) is 13.7. The maximum Gasteiger partial charge on any atom is 0.197 e. The molecule has 1 aromatic heterocycles. The topological polar surface area (TPSA) is 59.1 Å². The molecule has 0 saturated heterocycles. The van der Waals surface area contributed by atoms with Gasteiger partial charge >= 0.3 is 0 Å². The maximum atomic E-state index is 4.81. The van der Waals surface area contributed by atoms with Crippen LogP contribution >= 0.6 is 0 Å². The molecule has 2 N–H and O–H groups in total. The molecular formula is C8H10N4O. The SMILES string of the molecule is C1CCc2nc3c(nc2C1)NON3. The summed E-state index contributed by atoms with van der Waals surface area (Å²) in [6.07, 6.45) is 4.51. The molecule has 5 heteroatoms. The van der Waals surface area contributed by atoms with Gasteiger partial charge in [-0.25, -0.2) is 20.9 Å². The first-order valence-electron chi connectivity index (χ1n) is 4.51. The second kappa shape index (κ2) is 2.56. The molecule has 1 aliphatic heterocycles. The molecular weight excluding hydrogens is 168 g/mol. The van der Waals surface area contributed by atoms with Gasteiger partial charge in [-0.2, -0.15) is 4.94 Å². The molecule has 2 heterocycles. The van der Waals surface area contributed by atoms with Crippen LogP contribution in [0.2, 0.25) is 0 Å². The second-order valence-electron chi connectivity index (χ2n) is 3.33. The summed E-state index contributed by atoms with van der Waals surface area (Å²) in [5.41, 5.74) is 7.56. The Kier molecular flexibility index (Phi) is 1.40. The van der Waals surface area contributed by atoms with Gasteiger partial charge in [0.05, 0.1) is 11.4 Å². The zero-order valence-electron chi connectivity index (χ0n) is 7.13. The Balaban J connectivity index is 2.11. The third kappa shape index (κ3) is 1.04. The molecule has 3 rings (SSSR count). The van der Waals surface area contributed by atoms with Crippen molar-refractivity contribution in [2.75, 3.05) is 11.0 Å². The van der Waals surface area contributed by atoms with Gasteiger partial charge in [-0.3, -0.25) is 0 Å². The highest BCUT2D eigenvalue weighted by molar-refractivity contribution is 5.60. The summed E-state index contributed by atoms with van der Waals surface area (Å²) in [7, 11) is 0. The molecule has 0 spiro atoms. The number of rotatable bonds is 0. The number of aryl methyl sites for hydroxylation is 2. The molecule has 0 aromatic carbocycles.